The van der Waals surface area contributed by atoms with Gasteiger partial charge in [0.2, 0.25) is 0 Å². The predicted molar refractivity (Wildman–Crippen MR) is 92.1 cm³/mol. The average Bonchev–Trinajstić information content (AvgIpc) is 2.39. The molecule has 0 fully saturated rings. The minimum atomic E-state index is 0. The van der Waals surface area contributed by atoms with Gasteiger partial charge in [-0.25, -0.2) is 0 Å². The van der Waals surface area contributed by atoms with E-state index in [-0.39, 0.29) is 18.9 Å². The molecule has 19 heavy (non-hydrogen) atoms. The molecule has 1 heteroatoms. The third kappa shape index (κ3) is 21.1. The Morgan fingerprint density at radius 2 is 0.737 bits per heavy atom. The molecule has 0 bridgehead atoms. The summed E-state index contributed by atoms with van der Waals surface area (Å²) in [7, 11) is 0. The van der Waals surface area contributed by atoms with Crippen molar-refractivity contribution in [3.8, 4) is 0 Å². The quantitative estimate of drug-likeness (QED) is 0.235. The van der Waals surface area contributed by atoms with Crippen LogP contribution in [0.3, 0.4) is 0 Å². The SMILES string of the molecule is [CH2]CCCCCCCCCCCCCCCCC.[LiH]. The van der Waals surface area contributed by atoms with Gasteiger partial charge in [-0.15, -0.1) is 0 Å². The van der Waals surface area contributed by atoms with Crippen molar-refractivity contribution in [3.05, 3.63) is 6.92 Å². The average molecular weight is 261 g/mol. The first-order valence-corrected chi connectivity index (χ1v) is 8.71. The fourth-order valence-corrected chi connectivity index (χ4v) is 2.55. The standard InChI is InChI=1S/C18H37.Li.H/c1-3-5-7-9-11-13-15-17-18-16-14-12-10-8-6-4-2;;/h1,3-18H2,2H3;;. The van der Waals surface area contributed by atoms with Crippen LogP contribution in [-0.4, -0.2) is 18.9 Å². The topological polar surface area (TPSA) is 0 Å². The summed E-state index contributed by atoms with van der Waals surface area (Å²) in [4.78, 5) is 0. The van der Waals surface area contributed by atoms with E-state index in [0.717, 1.165) is 6.42 Å². The number of hydrogen-bond acceptors (Lipinski definition) is 0. The van der Waals surface area contributed by atoms with Crippen LogP contribution < -0.4 is 0 Å². The second-order valence-electron chi connectivity index (χ2n) is 5.80. The summed E-state index contributed by atoms with van der Waals surface area (Å²) in [5, 5.41) is 0. The van der Waals surface area contributed by atoms with Crippen molar-refractivity contribution >= 4 is 18.9 Å². The molecule has 0 amide bonds. The first-order valence-electron chi connectivity index (χ1n) is 8.71. The summed E-state index contributed by atoms with van der Waals surface area (Å²) in [6.45, 7) is 6.18. The second-order valence-corrected chi connectivity index (χ2v) is 5.80. The van der Waals surface area contributed by atoms with E-state index in [1.807, 2.05) is 0 Å². The summed E-state index contributed by atoms with van der Waals surface area (Å²) in [6.07, 6.45) is 22.8. The molecule has 0 saturated carbocycles. The van der Waals surface area contributed by atoms with Crippen LogP contribution in [0.2, 0.25) is 0 Å². The molecule has 0 N–H and O–H groups in total. The van der Waals surface area contributed by atoms with Gasteiger partial charge in [-0.3, -0.25) is 0 Å². The van der Waals surface area contributed by atoms with E-state index in [9.17, 15) is 0 Å². The van der Waals surface area contributed by atoms with Crippen LogP contribution in [0.15, 0.2) is 0 Å². The maximum atomic E-state index is 3.88. The van der Waals surface area contributed by atoms with Gasteiger partial charge < -0.3 is 0 Å². The monoisotopic (exact) mass is 261 g/mol. The van der Waals surface area contributed by atoms with Crippen molar-refractivity contribution in [1.82, 2.24) is 0 Å². The van der Waals surface area contributed by atoms with Crippen molar-refractivity contribution in [2.45, 2.75) is 110 Å². The van der Waals surface area contributed by atoms with Gasteiger partial charge in [0.05, 0.1) is 0 Å². The predicted octanol–water partition coefficient (Wildman–Crippen LogP) is 6.43. The Bertz CT molecular complexity index is 118. The van der Waals surface area contributed by atoms with Crippen molar-refractivity contribution < 1.29 is 0 Å². The zero-order chi connectivity index (χ0) is 13.3. The van der Waals surface area contributed by atoms with E-state index in [4.69, 9.17) is 0 Å². The Labute approximate surface area is 135 Å². The third-order valence-electron chi connectivity index (χ3n) is 3.85. The van der Waals surface area contributed by atoms with Crippen LogP contribution >= 0.6 is 0 Å². The normalized spacial score (nSPS) is 10.4. The molecule has 0 aromatic carbocycles. The molecule has 0 atom stereocenters. The van der Waals surface area contributed by atoms with Gasteiger partial charge in [-0.2, -0.15) is 0 Å². The maximum absolute atomic E-state index is 3.88. The summed E-state index contributed by atoms with van der Waals surface area (Å²) in [5.41, 5.74) is 0. The fourth-order valence-electron chi connectivity index (χ4n) is 2.55. The summed E-state index contributed by atoms with van der Waals surface area (Å²) >= 11 is 0. The minimum absolute atomic E-state index is 0. The van der Waals surface area contributed by atoms with Crippen LogP contribution in [0.25, 0.3) is 0 Å². The molecule has 0 nitrogen and oxygen atoms in total. The van der Waals surface area contributed by atoms with Gasteiger partial charge in [0, 0.05) is 0 Å². The molecule has 111 valence electrons. The van der Waals surface area contributed by atoms with Gasteiger partial charge >= 0.3 is 18.9 Å². The van der Waals surface area contributed by atoms with Crippen molar-refractivity contribution in [3.63, 3.8) is 0 Å². The van der Waals surface area contributed by atoms with E-state index in [2.05, 4.69) is 13.8 Å². The van der Waals surface area contributed by atoms with Gasteiger partial charge in [0.1, 0.15) is 0 Å². The zero-order valence-corrected chi connectivity index (χ0v) is 13.0. The molecule has 0 aromatic heterocycles. The molecule has 0 spiro atoms. The van der Waals surface area contributed by atoms with Crippen LogP contribution in [-0.2, 0) is 0 Å². The van der Waals surface area contributed by atoms with Crippen molar-refractivity contribution in [1.29, 1.82) is 0 Å². The first kappa shape index (κ1) is 21.9. The molecule has 0 saturated heterocycles. The molecular formula is C18H38Li. The molecule has 0 rings (SSSR count). The molecule has 0 heterocycles. The Hall–Kier alpha value is 0.597. The van der Waals surface area contributed by atoms with Crippen LogP contribution in [0.1, 0.15) is 110 Å². The Kier molecular flexibility index (Phi) is 24.1. The Balaban J connectivity index is 0. The van der Waals surface area contributed by atoms with Crippen molar-refractivity contribution in [2.75, 3.05) is 0 Å². The van der Waals surface area contributed by atoms with E-state index >= 15 is 0 Å². The second kappa shape index (κ2) is 20.9. The molecule has 0 aromatic rings. The van der Waals surface area contributed by atoms with Crippen molar-refractivity contribution in [2.24, 2.45) is 0 Å². The summed E-state index contributed by atoms with van der Waals surface area (Å²) in [6, 6.07) is 0. The van der Waals surface area contributed by atoms with E-state index in [1.165, 1.54) is 96.3 Å². The third-order valence-corrected chi connectivity index (χ3v) is 3.85. The van der Waals surface area contributed by atoms with Crippen LogP contribution in [0.4, 0.5) is 0 Å². The van der Waals surface area contributed by atoms with Crippen LogP contribution in [0, 0.1) is 6.92 Å². The van der Waals surface area contributed by atoms with Gasteiger partial charge in [0.15, 0.2) is 0 Å². The summed E-state index contributed by atoms with van der Waals surface area (Å²) in [5.74, 6) is 0. The van der Waals surface area contributed by atoms with Gasteiger partial charge in [-0.05, 0) is 0 Å². The van der Waals surface area contributed by atoms with Gasteiger partial charge in [0.25, 0.3) is 0 Å². The molecule has 0 unspecified atom stereocenters. The zero-order valence-electron chi connectivity index (χ0n) is 13.0. The molecule has 0 aliphatic heterocycles. The fraction of sp³-hybridized carbons (Fsp3) is 0.944. The number of rotatable bonds is 15. The van der Waals surface area contributed by atoms with E-state index in [0.29, 0.717) is 0 Å². The van der Waals surface area contributed by atoms with Gasteiger partial charge in [-0.1, -0.05) is 117 Å². The summed E-state index contributed by atoms with van der Waals surface area (Å²) < 4.78 is 0. The van der Waals surface area contributed by atoms with Crippen LogP contribution in [0.5, 0.6) is 0 Å². The number of hydrogen-bond donors (Lipinski definition) is 0. The van der Waals surface area contributed by atoms with E-state index < -0.39 is 0 Å². The Morgan fingerprint density at radius 3 is 1.00 bits per heavy atom. The molecule has 1 radical (unpaired) electrons. The molecule has 0 aliphatic carbocycles. The number of unbranched alkanes of at least 4 members (excludes halogenated alkanes) is 15. The first-order chi connectivity index (χ1) is 8.91. The Morgan fingerprint density at radius 1 is 0.474 bits per heavy atom. The molecular weight excluding hydrogens is 223 g/mol. The molecule has 0 aliphatic rings. The van der Waals surface area contributed by atoms with E-state index in [1.54, 1.807) is 0 Å².